The van der Waals surface area contributed by atoms with Crippen molar-refractivity contribution in [3.8, 4) is 11.5 Å². The number of halogens is 2. The lowest BCUT2D eigenvalue weighted by molar-refractivity contribution is -0.123. The van der Waals surface area contributed by atoms with Crippen LogP contribution in [0.5, 0.6) is 11.5 Å². The Morgan fingerprint density at radius 2 is 1.77 bits per heavy atom. The molecular weight excluding hydrogens is 449 g/mol. The first-order valence-corrected chi connectivity index (χ1v) is 10.3. The van der Waals surface area contributed by atoms with Crippen molar-refractivity contribution in [2.75, 3.05) is 13.2 Å². The largest absolute Gasteiger partial charge is 0.494 e. The summed E-state index contributed by atoms with van der Waals surface area (Å²) in [5.74, 6) is 0.0558. The summed E-state index contributed by atoms with van der Waals surface area (Å²) in [6.07, 6.45) is 2.01. The van der Waals surface area contributed by atoms with Crippen molar-refractivity contribution in [3.63, 3.8) is 0 Å². The van der Waals surface area contributed by atoms with E-state index in [0.717, 1.165) is 12.8 Å². The van der Waals surface area contributed by atoms with Gasteiger partial charge < -0.3 is 9.47 Å². The lowest BCUT2D eigenvalue weighted by atomic mass is 10.2. The van der Waals surface area contributed by atoms with Crippen LogP contribution in [0, 0.1) is 0 Å². The molecule has 0 aliphatic rings. The molecule has 2 amide bonds. The average Bonchev–Trinajstić information content (AvgIpc) is 2.72. The maximum atomic E-state index is 12.2. The zero-order valence-electron chi connectivity index (χ0n) is 16.2. The van der Waals surface area contributed by atoms with Crippen LogP contribution in [0.2, 0.25) is 10.0 Å². The number of benzene rings is 2. The van der Waals surface area contributed by atoms with E-state index in [1.54, 1.807) is 36.4 Å². The van der Waals surface area contributed by atoms with Crippen molar-refractivity contribution in [1.29, 1.82) is 0 Å². The summed E-state index contributed by atoms with van der Waals surface area (Å²) >= 11 is 16.8. The second-order valence-electron chi connectivity index (χ2n) is 6.05. The molecule has 160 valence electrons. The lowest BCUT2D eigenvalue weighted by Gasteiger charge is -2.12. The zero-order chi connectivity index (χ0) is 21.9. The van der Waals surface area contributed by atoms with E-state index in [1.807, 2.05) is 0 Å². The van der Waals surface area contributed by atoms with Crippen molar-refractivity contribution in [2.45, 2.75) is 19.8 Å². The number of carbonyl (C=O) groups excluding carboxylic acids is 2. The Hall–Kier alpha value is -2.55. The first-order valence-electron chi connectivity index (χ1n) is 9.10. The van der Waals surface area contributed by atoms with Crippen LogP contribution in [0.1, 0.15) is 30.1 Å². The highest BCUT2D eigenvalue weighted by molar-refractivity contribution is 7.80. The van der Waals surface area contributed by atoms with Crippen LogP contribution >= 0.6 is 35.4 Å². The third-order valence-corrected chi connectivity index (χ3v) is 4.41. The molecule has 0 heterocycles. The van der Waals surface area contributed by atoms with Gasteiger partial charge in [-0.3, -0.25) is 25.8 Å². The number of thiocarbonyl (C=S) groups is 1. The van der Waals surface area contributed by atoms with Gasteiger partial charge in [0.15, 0.2) is 11.7 Å². The summed E-state index contributed by atoms with van der Waals surface area (Å²) in [6, 6.07) is 11.3. The number of nitrogens with one attached hydrogen (secondary N) is 3. The number of rotatable bonds is 8. The number of hydrogen-bond donors (Lipinski definition) is 3. The van der Waals surface area contributed by atoms with Gasteiger partial charge in [-0.2, -0.15) is 0 Å². The van der Waals surface area contributed by atoms with E-state index in [-0.39, 0.29) is 16.7 Å². The quantitative estimate of drug-likeness (QED) is 0.308. The summed E-state index contributed by atoms with van der Waals surface area (Å²) in [5.41, 5.74) is 5.15. The van der Waals surface area contributed by atoms with Gasteiger partial charge in [0.1, 0.15) is 11.5 Å². The van der Waals surface area contributed by atoms with Crippen LogP contribution in [0.4, 0.5) is 0 Å². The fraction of sp³-hybridized carbons (Fsp3) is 0.250. The molecule has 0 atom stereocenters. The van der Waals surface area contributed by atoms with Gasteiger partial charge in [-0.05, 0) is 61.1 Å². The van der Waals surface area contributed by atoms with Gasteiger partial charge in [0.25, 0.3) is 11.8 Å². The zero-order valence-corrected chi connectivity index (χ0v) is 18.5. The maximum Gasteiger partial charge on any atom is 0.276 e. The fourth-order valence-electron chi connectivity index (χ4n) is 2.14. The smallest absolute Gasteiger partial charge is 0.276 e. The van der Waals surface area contributed by atoms with Crippen molar-refractivity contribution in [2.24, 2.45) is 0 Å². The molecule has 0 unspecified atom stereocenters. The Morgan fingerprint density at radius 3 is 2.43 bits per heavy atom. The summed E-state index contributed by atoms with van der Waals surface area (Å²) < 4.78 is 10.8. The van der Waals surface area contributed by atoms with Crippen LogP contribution in [-0.4, -0.2) is 30.1 Å². The second kappa shape index (κ2) is 12.2. The minimum atomic E-state index is -0.522. The maximum absolute atomic E-state index is 12.2. The van der Waals surface area contributed by atoms with Crippen molar-refractivity contribution in [3.05, 3.63) is 58.1 Å². The number of unbranched alkanes of at least 4 members (excludes halogenated alkanes) is 1. The van der Waals surface area contributed by atoms with E-state index in [0.29, 0.717) is 28.7 Å². The number of carbonyl (C=O) groups is 2. The van der Waals surface area contributed by atoms with Crippen molar-refractivity contribution >= 4 is 52.3 Å². The minimum absolute atomic E-state index is 0.0684. The third-order valence-electron chi connectivity index (χ3n) is 3.68. The molecule has 2 aromatic carbocycles. The van der Waals surface area contributed by atoms with Crippen LogP contribution in [0.3, 0.4) is 0 Å². The van der Waals surface area contributed by atoms with Crippen LogP contribution in [-0.2, 0) is 4.79 Å². The molecular formula is C20H21Cl2N3O4S. The number of hydrazine groups is 1. The molecule has 0 saturated heterocycles. The summed E-state index contributed by atoms with van der Waals surface area (Å²) in [4.78, 5) is 24.1. The van der Waals surface area contributed by atoms with Gasteiger partial charge in [-0.25, -0.2) is 0 Å². The van der Waals surface area contributed by atoms with Gasteiger partial charge in [-0.1, -0.05) is 36.5 Å². The fourth-order valence-corrected chi connectivity index (χ4v) is 2.75. The number of hydrogen-bond acceptors (Lipinski definition) is 5. The third kappa shape index (κ3) is 8.06. The standard InChI is InChI=1S/C20H21Cl2N3O4S/c1-2-3-10-28-15-7-4-13(5-8-15)19(27)23-20(30)25-24-18(26)12-29-17-9-6-14(21)11-16(17)22/h4-9,11H,2-3,10,12H2,1H3,(H,24,26)(H2,23,25,27,30). The van der Waals surface area contributed by atoms with Gasteiger partial charge in [0.2, 0.25) is 0 Å². The highest BCUT2D eigenvalue weighted by Crippen LogP contribution is 2.27. The van der Waals surface area contributed by atoms with E-state index in [4.69, 9.17) is 44.9 Å². The number of amides is 2. The molecule has 10 heteroatoms. The Labute approximate surface area is 190 Å². The van der Waals surface area contributed by atoms with Crippen LogP contribution in [0.25, 0.3) is 0 Å². The monoisotopic (exact) mass is 469 g/mol. The second-order valence-corrected chi connectivity index (χ2v) is 7.30. The molecule has 30 heavy (non-hydrogen) atoms. The van der Waals surface area contributed by atoms with Gasteiger partial charge >= 0.3 is 0 Å². The van der Waals surface area contributed by atoms with E-state index >= 15 is 0 Å². The SMILES string of the molecule is CCCCOc1ccc(C(=O)NC(=S)NNC(=O)COc2ccc(Cl)cc2Cl)cc1. The molecule has 0 aliphatic carbocycles. The molecule has 7 nitrogen and oxygen atoms in total. The highest BCUT2D eigenvalue weighted by atomic mass is 35.5. The summed E-state index contributed by atoms with van der Waals surface area (Å²) in [5, 5.41) is 3.14. The molecule has 0 spiro atoms. The minimum Gasteiger partial charge on any atom is -0.494 e. The normalized spacial score (nSPS) is 10.1. The molecule has 0 aromatic heterocycles. The number of ether oxygens (including phenoxy) is 2. The lowest BCUT2D eigenvalue weighted by Crippen LogP contribution is -2.49. The molecule has 0 aliphatic heterocycles. The van der Waals surface area contributed by atoms with E-state index in [1.165, 1.54) is 6.07 Å². The molecule has 0 radical (unpaired) electrons. The van der Waals surface area contributed by atoms with E-state index in [2.05, 4.69) is 23.1 Å². The van der Waals surface area contributed by atoms with Crippen LogP contribution in [0.15, 0.2) is 42.5 Å². The average molecular weight is 470 g/mol. The van der Waals surface area contributed by atoms with E-state index in [9.17, 15) is 9.59 Å². The predicted molar refractivity (Wildman–Crippen MR) is 120 cm³/mol. The Bertz CT molecular complexity index is 894. The first-order chi connectivity index (χ1) is 14.4. The van der Waals surface area contributed by atoms with Crippen molar-refractivity contribution < 1.29 is 19.1 Å². The molecule has 0 fully saturated rings. The predicted octanol–water partition coefficient (Wildman–Crippen LogP) is 3.89. The molecule has 3 N–H and O–H groups in total. The van der Waals surface area contributed by atoms with Crippen LogP contribution < -0.4 is 25.6 Å². The molecule has 2 aromatic rings. The Balaban J connectivity index is 1.72. The molecule has 0 saturated carbocycles. The van der Waals surface area contributed by atoms with E-state index < -0.39 is 11.8 Å². The van der Waals surface area contributed by atoms with Gasteiger partial charge in [0, 0.05) is 10.6 Å². The highest BCUT2D eigenvalue weighted by Gasteiger charge is 2.10. The molecule has 0 bridgehead atoms. The van der Waals surface area contributed by atoms with Crippen molar-refractivity contribution in [1.82, 2.24) is 16.2 Å². The molecule has 2 rings (SSSR count). The Morgan fingerprint density at radius 1 is 1.03 bits per heavy atom. The van der Waals surface area contributed by atoms with Gasteiger partial charge in [-0.15, -0.1) is 0 Å². The Kier molecular flexibility index (Phi) is 9.66. The summed E-state index contributed by atoms with van der Waals surface area (Å²) in [7, 11) is 0. The summed E-state index contributed by atoms with van der Waals surface area (Å²) in [6.45, 7) is 2.40. The van der Waals surface area contributed by atoms with Gasteiger partial charge in [0.05, 0.1) is 11.6 Å². The topological polar surface area (TPSA) is 88.7 Å². The first kappa shape index (κ1) is 23.7.